The molecule has 6 rings (SSSR count). The number of aromatic nitrogens is 5. The highest BCUT2D eigenvalue weighted by Gasteiger charge is 2.45. The maximum Gasteiger partial charge on any atom is 0.408 e. The number of fused-ring (bicyclic) bond motifs is 3. The summed E-state index contributed by atoms with van der Waals surface area (Å²) in [6.07, 6.45) is 0.984. The number of anilines is 3. The minimum atomic E-state index is -4.27. The van der Waals surface area contributed by atoms with Gasteiger partial charge in [0, 0.05) is 36.5 Å². The Hall–Kier alpha value is -4.12. The molecule has 8 nitrogen and oxygen atoms in total. The van der Waals surface area contributed by atoms with Crippen LogP contribution in [0.25, 0.3) is 22.5 Å². The molecular weight excluding hydrogens is 507 g/mol. The van der Waals surface area contributed by atoms with Crippen LogP contribution in [-0.4, -0.2) is 42.7 Å². The minimum Gasteiger partial charge on any atom is -0.360 e. The van der Waals surface area contributed by atoms with Crippen molar-refractivity contribution in [3.63, 3.8) is 0 Å². The number of rotatable bonds is 4. The van der Waals surface area contributed by atoms with Crippen LogP contribution in [0.4, 0.5) is 30.5 Å². The van der Waals surface area contributed by atoms with Gasteiger partial charge in [-0.1, -0.05) is 23.7 Å². The highest BCUT2D eigenvalue weighted by molar-refractivity contribution is 6.32. The lowest BCUT2D eigenvalue weighted by Gasteiger charge is -2.28. The van der Waals surface area contributed by atoms with Gasteiger partial charge in [0.05, 0.1) is 10.7 Å². The summed E-state index contributed by atoms with van der Waals surface area (Å²) in [7, 11) is 0. The van der Waals surface area contributed by atoms with E-state index in [1.807, 2.05) is 0 Å². The van der Waals surface area contributed by atoms with Crippen molar-refractivity contribution in [2.45, 2.75) is 25.1 Å². The molecule has 0 aliphatic carbocycles. The highest BCUT2D eigenvalue weighted by atomic mass is 35.5. The number of halogens is 4. The van der Waals surface area contributed by atoms with Crippen molar-refractivity contribution < 1.29 is 13.2 Å². The first-order valence-corrected chi connectivity index (χ1v) is 11.9. The van der Waals surface area contributed by atoms with Gasteiger partial charge >= 0.3 is 6.18 Å². The Morgan fingerprint density at radius 1 is 1.05 bits per heavy atom. The third-order valence-corrected chi connectivity index (χ3v) is 6.75. The van der Waals surface area contributed by atoms with Crippen LogP contribution in [0.3, 0.4) is 0 Å². The van der Waals surface area contributed by atoms with Crippen molar-refractivity contribution in [3.8, 4) is 5.69 Å². The first-order valence-electron chi connectivity index (χ1n) is 11.5. The lowest BCUT2D eigenvalue weighted by Crippen LogP contribution is -2.41. The van der Waals surface area contributed by atoms with E-state index >= 15 is 0 Å². The summed E-state index contributed by atoms with van der Waals surface area (Å²) in [4.78, 5) is 27.9. The average Bonchev–Trinajstić information content (AvgIpc) is 3.56. The quantitative estimate of drug-likeness (QED) is 0.340. The van der Waals surface area contributed by atoms with Crippen LogP contribution in [-0.2, 0) is 0 Å². The molecule has 3 aromatic heterocycles. The standard InChI is InChI=1S/C25H19ClF3N7O/c26-18-4-1-2-5-19(18)36-22(37)17-14-31-23(33-21(17)35-13-11-30-24(35)36)32-15-7-9-16(10-8-15)34-12-3-6-20(34)25(27,28)29/h1-2,4-5,7-11,13-14,20H,3,6,12H2,(H,31,32,33). The smallest absolute Gasteiger partial charge is 0.360 e. The van der Waals surface area contributed by atoms with Gasteiger partial charge in [0.1, 0.15) is 11.4 Å². The van der Waals surface area contributed by atoms with Gasteiger partial charge < -0.3 is 10.2 Å². The number of para-hydroxylation sites is 1. The third-order valence-electron chi connectivity index (χ3n) is 6.43. The Bertz CT molecular complexity index is 1680. The maximum absolute atomic E-state index is 13.4. The van der Waals surface area contributed by atoms with Gasteiger partial charge in [-0.2, -0.15) is 18.2 Å². The average molecular weight is 526 g/mol. The molecule has 1 aliphatic rings. The van der Waals surface area contributed by atoms with E-state index in [2.05, 4.69) is 20.3 Å². The van der Waals surface area contributed by atoms with Crippen molar-refractivity contribution in [2.24, 2.45) is 0 Å². The number of nitrogens with zero attached hydrogens (tertiary/aromatic N) is 6. The molecule has 1 fully saturated rings. The SMILES string of the molecule is O=c1c2cnc(Nc3ccc(N4CCCC4C(F)(F)F)cc3)nc2n2ccnc2n1-c1ccccc1Cl. The molecule has 188 valence electrons. The molecule has 1 saturated heterocycles. The molecule has 4 heterocycles. The Morgan fingerprint density at radius 2 is 1.84 bits per heavy atom. The molecule has 1 atom stereocenters. The molecule has 1 N–H and O–H groups in total. The molecule has 0 radical (unpaired) electrons. The molecule has 0 amide bonds. The van der Waals surface area contributed by atoms with E-state index in [1.54, 1.807) is 65.3 Å². The van der Waals surface area contributed by atoms with E-state index in [4.69, 9.17) is 11.6 Å². The maximum atomic E-state index is 13.4. The molecule has 1 aliphatic heterocycles. The monoisotopic (exact) mass is 525 g/mol. The van der Waals surface area contributed by atoms with Gasteiger partial charge in [-0.05, 0) is 49.2 Å². The molecule has 0 bridgehead atoms. The summed E-state index contributed by atoms with van der Waals surface area (Å²) in [5, 5.41) is 3.72. The first kappa shape index (κ1) is 23.3. The second kappa shape index (κ2) is 8.77. The zero-order chi connectivity index (χ0) is 25.7. The van der Waals surface area contributed by atoms with Crippen LogP contribution in [0.2, 0.25) is 5.02 Å². The van der Waals surface area contributed by atoms with Gasteiger partial charge in [-0.3, -0.25) is 9.20 Å². The number of imidazole rings is 1. The Morgan fingerprint density at radius 3 is 2.59 bits per heavy atom. The summed E-state index contributed by atoms with van der Waals surface area (Å²) in [6.45, 7) is 0.358. The zero-order valence-corrected chi connectivity index (χ0v) is 19.9. The largest absolute Gasteiger partial charge is 0.408 e. The molecule has 37 heavy (non-hydrogen) atoms. The number of hydrogen-bond acceptors (Lipinski definition) is 6. The fourth-order valence-corrected chi connectivity index (χ4v) is 4.96. The number of hydrogen-bond donors (Lipinski definition) is 1. The van der Waals surface area contributed by atoms with Gasteiger partial charge in [0.25, 0.3) is 5.56 Å². The molecule has 2 aromatic carbocycles. The van der Waals surface area contributed by atoms with Gasteiger partial charge in [-0.15, -0.1) is 0 Å². The third kappa shape index (κ3) is 4.05. The van der Waals surface area contributed by atoms with Crippen LogP contribution < -0.4 is 15.8 Å². The van der Waals surface area contributed by atoms with Crippen LogP contribution in [0.1, 0.15) is 12.8 Å². The van der Waals surface area contributed by atoms with Crippen molar-refractivity contribution in [2.75, 3.05) is 16.8 Å². The predicted molar refractivity (Wildman–Crippen MR) is 135 cm³/mol. The van der Waals surface area contributed by atoms with E-state index in [9.17, 15) is 18.0 Å². The summed E-state index contributed by atoms with van der Waals surface area (Å²) in [5.41, 5.74) is 1.56. The Kier molecular flexibility index (Phi) is 5.52. The van der Waals surface area contributed by atoms with Crippen LogP contribution >= 0.6 is 11.6 Å². The first-order chi connectivity index (χ1) is 17.8. The van der Waals surface area contributed by atoms with E-state index < -0.39 is 12.2 Å². The van der Waals surface area contributed by atoms with Gasteiger partial charge in [-0.25, -0.2) is 14.5 Å². The van der Waals surface area contributed by atoms with Crippen molar-refractivity contribution in [1.82, 2.24) is 23.9 Å². The topological polar surface area (TPSA) is 80.3 Å². The Balaban J connectivity index is 1.34. The molecule has 12 heteroatoms. The Labute approximate surface area is 213 Å². The van der Waals surface area contributed by atoms with E-state index in [1.165, 1.54) is 15.7 Å². The van der Waals surface area contributed by atoms with Gasteiger partial charge in [0.15, 0.2) is 5.65 Å². The normalized spacial score (nSPS) is 16.1. The van der Waals surface area contributed by atoms with Crippen LogP contribution in [0, 0.1) is 0 Å². The molecule has 0 spiro atoms. The summed E-state index contributed by atoms with van der Waals surface area (Å²) >= 11 is 6.35. The summed E-state index contributed by atoms with van der Waals surface area (Å²) in [6, 6.07) is 12.1. The second-order valence-corrected chi connectivity index (χ2v) is 9.09. The van der Waals surface area contributed by atoms with E-state index in [0.717, 1.165) is 0 Å². The number of nitrogens with one attached hydrogen (secondary N) is 1. The fourth-order valence-electron chi connectivity index (χ4n) is 4.74. The van der Waals surface area contributed by atoms with Crippen LogP contribution in [0.15, 0.2) is 71.9 Å². The van der Waals surface area contributed by atoms with Crippen LogP contribution in [0.5, 0.6) is 0 Å². The molecule has 1 unspecified atom stereocenters. The second-order valence-electron chi connectivity index (χ2n) is 8.69. The predicted octanol–water partition coefficient (Wildman–Crippen LogP) is 5.36. The van der Waals surface area contributed by atoms with E-state index in [0.29, 0.717) is 46.5 Å². The molecule has 5 aromatic rings. The number of benzene rings is 2. The number of alkyl halides is 3. The van der Waals surface area contributed by atoms with Crippen molar-refractivity contribution in [3.05, 3.63) is 82.5 Å². The van der Waals surface area contributed by atoms with E-state index in [-0.39, 0.29) is 23.3 Å². The lowest BCUT2D eigenvalue weighted by atomic mass is 10.2. The minimum absolute atomic E-state index is 0.0926. The summed E-state index contributed by atoms with van der Waals surface area (Å²) < 4.78 is 43.1. The van der Waals surface area contributed by atoms with Crippen molar-refractivity contribution >= 4 is 45.7 Å². The fraction of sp³-hybridized carbons (Fsp3) is 0.200. The van der Waals surface area contributed by atoms with Crippen molar-refractivity contribution in [1.29, 1.82) is 0 Å². The zero-order valence-electron chi connectivity index (χ0n) is 19.2. The lowest BCUT2D eigenvalue weighted by molar-refractivity contribution is -0.145. The molecule has 0 saturated carbocycles. The van der Waals surface area contributed by atoms with Gasteiger partial charge in [0.2, 0.25) is 11.7 Å². The highest BCUT2D eigenvalue weighted by Crippen LogP contribution is 2.36. The molecular formula is C25H19ClF3N7O. The summed E-state index contributed by atoms with van der Waals surface area (Å²) in [5.74, 6) is 0.559.